The van der Waals surface area contributed by atoms with E-state index in [1.807, 2.05) is 55.5 Å². The summed E-state index contributed by atoms with van der Waals surface area (Å²) in [6.45, 7) is 13.4. The standard InChI is InChI=1S/C49H59FN8O5/c1-32-10-15-39(26-52-32)55-20-6-8-40(30-55)57(27-35-18-19-51-33(2)22-35)28-36-29-58(38-16-17-38)44-24-45(43(50)23-42(44)46(36)59)56-21-7-9-41(31-56)62-47(60)53-25-34-11-13-37(14-12-34)54-48(61)63-49(3,4)5/h10-15,18-19,22-24,26,29,38,40-41H,6-9,16-17,20-21,25,27-28,30-31H2,1-5H3,(H,53,60)(H,54,61)/t40-,41-/m0/s1. The lowest BCUT2D eigenvalue weighted by Crippen LogP contribution is -2.48. The van der Waals surface area contributed by atoms with Crippen LogP contribution in [0.25, 0.3) is 10.9 Å². The fraction of sp³-hybridized carbons (Fsp3) is 0.449. The number of alkyl carbamates (subject to hydrolysis) is 1. The third kappa shape index (κ3) is 11.1. The number of aromatic nitrogens is 3. The Labute approximate surface area is 368 Å². The number of ether oxygens (including phenoxy) is 2. The van der Waals surface area contributed by atoms with Crippen molar-refractivity contribution in [3.63, 3.8) is 0 Å². The monoisotopic (exact) mass is 858 g/mol. The lowest BCUT2D eigenvalue weighted by atomic mass is 10.0. The van der Waals surface area contributed by atoms with E-state index in [2.05, 4.69) is 47.1 Å². The fourth-order valence-corrected chi connectivity index (χ4v) is 8.78. The second-order valence-corrected chi connectivity index (χ2v) is 18.3. The number of halogens is 1. The highest BCUT2D eigenvalue weighted by atomic mass is 19.1. The van der Waals surface area contributed by atoms with Crippen molar-refractivity contribution in [1.82, 2.24) is 24.8 Å². The van der Waals surface area contributed by atoms with Gasteiger partial charge in [0.15, 0.2) is 5.43 Å². The van der Waals surface area contributed by atoms with E-state index < -0.39 is 29.7 Å². The quantitative estimate of drug-likeness (QED) is 0.125. The Kier molecular flexibility index (Phi) is 13.0. The summed E-state index contributed by atoms with van der Waals surface area (Å²) in [5.74, 6) is -0.465. The minimum Gasteiger partial charge on any atom is -0.444 e. The van der Waals surface area contributed by atoms with Gasteiger partial charge >= 0.3 is 12.2 Å². The molecule has 3 aromatic heterocycles. The zero-order valence-corrected chi connectivity index (χ0v) is 37.0. The van der Waals surface area contributed by atoms with Crippen LogP contribution in [-0.4, -0.2) is 75.5 Å². The van der Waals surface area contributed by atoms with Gasteiger partial charge in [0.1, 0.15) is 17.5 Å². The Hall–Kier alpha value is -6.02. The molecule has 332 valence electrons. The van der Waals surface area contributed by atoms with Crippen molar-refractivity contribution in [1.29, 1.82) is 0 Å². The molecule has 3 fully saturated rings. The molecule has 0 bridgehead atoms. The number of benzene rings is 2. The average molecular weight is 859 g/mol. The molecule has 2 aliphatic heterocycles. The number of anilines is 3. The molecule has 2 saturated heterocycles. The van der Waals surface area contributed by atoms with E-state index >= 15 is 4.39 Å². The predicted molar refractivity (Wildman–Crippen MR) is 244 cm³/mol. The molecule has 1 saturated carbocycles. The molecule has 5 heterocycles. The molecule has 2 N–H and O–H groups in total. The van der Waals surface area contributed by atoms with Crippen LogP contribution >= 0.6 is 0 Å². The van der Waals surface area contributed by atoms with Gasteiger partial charge in [0, 0.05) is 91.8 Å². The highest BCUT2D eigenvalue weighted by Gasteiger charge is 2.31. The van der Waals surface area contributed by atoms with Gasteiger partial charge in [0.2, 0.25) is 0 Å². The number of nitrogens with one attached hydrogen (secondary N) is 2. The third-order valence-electron chi connectivity index (χ3n) is 12.0. The molecule has 14 heteroatoms. The van der Waals surface area contributed by atoms with Crippen molar-refractivity contribution >= 4 is 40.2 Å². The first-order valence-electron chi connectivity index (χ1n) is 22.2. The maximum absolute atomic E-state index is 16.4. The maximum Gasteiger partial charge on any atom is 0.412 e. The lowest BCUT2D eigenvalue weighted by molar-refractivity contribution is 0.0635. The molecule has 0 unspecified atom stereocenters. The van der Waals surface area contributed by atoms with Crippen LogP contribution in [0.15, 0.2) is 84.0 Å². The number of piperidine rings is 2. The first-order valence-corrected chi connectivity index (χ1v) is 22.2. The minimum absolute atomic E-state index is 0.149. The Morgan fingerprint density at radius 2 is 1.63 bits per heavy atom. The Morgan fingerprint density at radius 1 is 0.857 bits per heavy atom. The summed E-state index contributed by atoms with van der Waals surface area (Å²) in [4.78, 5) is 55.3. The molecule has 5 aromatic rings. The molecule has 3 aliphatic rings. The van der Waals surface area contributed by atoms with Gasteiger partial charge in [-0.25, -0.2) is 14.0 Å². The van der Waals surface area contributed by atoms with Gasteiger partial charge in [0.05, 0.1) is 29.6 Å². The zero-order chi connectivity index (χ0) is 44.3. The molecule has 2 amide bonds. The van der Waals surface area contributed by atoms with Crippen LogP contribution in [0.2, 0.25) is 0 Å². The zero-order valence-electron chi connectivity index (χ0n) is 37.0. The number of hydrogen-bond donors (Lipinski definition) is 2. The number of amides is 2. The van der Waals surface area contributed by atoms with Crippen LogP contribution in [0.5, 0.6) is 0 Å². The van der Waals surface area contributed by atoms with E-state index in [0.717, 1.165) is 72.5 Å². The highest BCUT2D eigenvalue weighted by Crippen LogP contribution is 2.39. The second-order valence-electron chi connectivity index (χ2n) is 18.3. The van der Waals surface area contributed by atoms with Gasteiger partial charge in [0.25, 0.3) is 0 Å². The topological polar surface area (TPSA) is 134 Å². The summed E-state index contributed by atoms with van der Waals surface area (Å²) in [5, 5.41) is 5.89. The van der Waals surface area contributed by atoms with E-state index in [4.69, 9.17) is 9.47 Å². The second kappa shape index (κ2) is 18.8. The average Bonchev–Trinajstić information content (AvgIpc) is 4.10. The van der Waals surface area contributed by atoms with Crippen LogP contribution in [0.4, 0.5) is 31.0 Å². The van der Waals surface area contributed by atoms with E-state index in [-0.39, 0.29) is 24.1 Å². The smallest absolute Gasteiger partial charge is 0.412 e. The first-order chi connectivity index (χ1) is 30.2. The summed E-state index contributed by atoms with van der Waals surface area (Å²) in [6.07, 6.45) is 9.62. The van der Waals surface area contributed by atoms with Crippen molar-refractivity contribution in [3.8, 4) is 0 Å². The molecule has 0 radical (unpaired) electrons. The molecule has 0 spiro atoms. The predicted octanol–water partition coefficient (Wildman–Crippen LogP) is 8.80. The Balaban J connectivity index is 0.968. The number of hydrogen-bond acceptors (Lipinski definition) is 10. The minimum atomic E-state index is -0.608. The Morgan fingerprint density at radius 3 is 2.37 bits per heavy atom. The van der Waals surface area contributed by atoms with Crippen LogP contribution in [0.1, 0.15) is 93.4 Å². The van der Waals surface area contributed by atoms with Gasteiger partial charge in [-0.05, 0) is 133 Å². The first kappa shape index (κ1) is 43.6. The van der Waals surface area contributed by atoms with E-state index in [9.17, 15) is 14.4 Å². The number of nitrogens with zero attached hydrogens (tertiary/aromatic N) is 6. The summed E-state index contributed by atoms with van der Waals surface area (Å²) >= 11 is 0. The number of aryl methyl sites for hydroxylation is 2. The van der Waals surface area contributed by atoms with Crippen molar-refractivity contribution < 1.29 is 23.5 Å². The molecule has 2 atom stereocenters. The van der Waals surface area contributed by atoms with E-state index in [1.165, 1.54) is 6.07 Å². The summed E-state index contributed by atoms with van der Waals surface area (Å²) in [7, 11) is 0. The maximum atomic E-state index is 16.4. The number of carbonyl (C=O) groups excluding carboxylic acids is 2. The van der Waals surface area contributed by atoms with Crippen LogP contribution < -0.4 is 25.9 Å². The summed E-state index contributed by atoms with van der Waals surface area (Å²) in [5.41, 5.74) is 6.59. The third-order valence-corrected chi connectivity index (χ3v) is 12.0. The largest absolute Gasteiger partial charge is 0.444 e. The van der Waals surface area contributed by atoms with Crippen molar-refractivity contribution in [3.05, 3.63) is 123 Å². The summed E-state index contributed by atoms with van der Waals surface area (Å²) < 4.78 is 29.7. The number of rotatable bonds is 12. The van der Waals surface area contributed by atoms with Crippen LogP contribution in [0.3, 0.4) is 0 Å². The van der Waals surface area contributed by atoms with Crippen molar-refractivity contribution in [2.45, 2.75) is 117 Å². The normalized spacial score (nSPS) is 18.1. The molecule has 63 heavy (non-hydrogen) atoms. The van der Waals surface area contributed by atoms with Crippen molar-refractivity contribution in [2.75, 3.05) is 41.3 Å². The molecular weight excluding hydrogens is 800 g/mol. The number of carbonyl (C=O) groups is 2. The van der Waals surface area contributed by atoms with Gasteiger partial charge in [-0.15, -0.1) is 0 Å². The molecule has 2 aromatic carbocycles. The molecule has 1 aliphatic carbocycles. The molecule has 13 nitrogen and oxygen atoms in total. The SMILES string of the molecule is Cc1ccc(N2CCC[C@H](N(Cc3ccnc(C)c3)Cc3cn(C4CC4)c4cc(N5CCC[C@H](OC(=O)NCc6ccc(NC(=O)OC(C)(C)C)cc6)C5)c(F)cc4c3=O)C2)cn1. The fourth-order valence-electron chi connectivity index (χ4n) is 8.78. The van der Waals surface area contributed by atoms with Crippen LogP contribution in [-0.2, 0) is 29.1 Å². The number of fused-ring (bicyclic) bond motifs is 1. The molecule has 8 rings (SSSR count). The van der Waals surface area contributed by atoms with Gasteiger partial charge < -0.3 is 29.2 Å². The molecular formula is C49H59FN8O5. The van der Waals surface area contributed by atoms with Crippen LogP contribution in [0, 0.1) is 19.7 Å². The van der Waals surface area contributed by atoms with Crippen molar-refractivity contribution in [2.24, 2.45) is 0 Å². The van der Waals surface area contributed by atoms with Gasteiger partial charge in [-0.3, -0.25) is 25.0 Å². The highest BCUT2D eigenvalue weighted by molar-refractivity contribution is 5.85. The van der Waals surface area contributed by atoms with Gasteiger partial charge in [-0.1, -0.05) is 12.1 Å². The van der Waals surface area contributed by atoms with E-state index in [1.54, 1.807) is 45.0 Å². The lowest BCUT2D eigenvalue weighted by Gasteiger charge is -2.40. The van der Waals surface area contributed by atoms with E-state index in [0.29, 0.717) is 61.3 Å². The number of pyridine rings is 3. The Bertz CT molecular complexity index is 2480. The summed E-state index contributed by atoms with van der Waals surface area (Å²) in [6, 6.07) is 19.1. The van der Waals surface area contributed by atoms with Gasteiger partial charge in [-0.2, -0.15) is 0 Å².